The van der Waals surface area contributed by atoms with Crippen LogP contribution in [0.3, 0.4) is 0 Å². The average molecular weight is 346 g/mol. The predicted molar refractivity (Wildman–Crippen MR) is 93.3 cm³/mol. The molecule has 1 atom stereocenters. The standard InChI is InChI=1S/C19H22O6/c1-11-8-14(6-7-15(11)19(20)21)25-12(2)13-9-16(22-3)18(24-5)17(10-13)23-4/h6-10,12H,1-5H3,(H,20,21). The van der Waals surface area contributed by atoms with Gasteiger partial charge in [0.1, 0.15) is 11.9 Å². The molecule has 0 aliphatic rings. The third-order valence-corrected chi connectivity index (χ3v) is 3.90. The predicted octanol–water partition coefficient (Wildman–Crippen LogP) is 3.86. The van der Waals surface area contributed by atoms with Crippen molar-refractivity contribution in [3.63, 3.8) is 0 Å². The minimum absolute atomic E-state index is 0.257. The first kappa shape index (κ1) is 18.4. The molecule has 0 radical (unpaired) electrons. The smallest absolute Gasteiger partial charge is 0.335 e. The minimum atomic E-state index is -0.957. The Morgan fingerprint density at radius 2 is 1.60 bits per heavy atom. The Hall–Kier alpha value is -2.89. The Morgan fingerprint density at radius 3 is 2.04 bits per heavy atom. The van der Waals surface area contributed by atoms with E-state index in [-0.39, 0.29) is 11.7 Å². The van der Waals surface area contributed by atoms with Crippen LogP contribution in [0.2, 0.25) is 0 Å². The van der Waals surface area contributed by atoms with Crippen LogP contribution < -0.4 is 18.9 Å². The Morgan fingerprint density at radius 1 is 1.00 bits per heavy atom. The van der Waals surface area contributed by atoms with Crippen LogP contribution in [0.15, 0.2) is 30.3 Å². The summed E-state index contributed by atoms with van der Waals surface area (Å²) in [4.78, 5) is 11.1. The largest absolute Gasteiger partial charge is 0.493 e. The lowest BCUT2D eigenvalue weighted by molar-refractivity contribution is 0.0696. The first-order valence-corrected chi connectivity index (χ1v) is 7.71. The lowest BCUT2D eigenvalue weighted by atomic mass is 10.1. The van der Waals surface area contributed by atoms with E-state index in [1.165, 1.54) is 6.07 Å². The Labute approximate surface area is 146 Å². The van der Waals surface area contributed by atoms with E-state index in [4.69, 9.17) is 24.1 Å². The number of hydrogen-bond donors (Lipinski definition) is 1. The van der Waals surface area contributed by atoms with Crippen LogP contribution in [0.4, 0.5) is 0 Å². The summed E-state index contributed by atoms with van der Waals surface area (Å²) in [6, 6.07) is 8.53. The molecule has 6 nitrogen and oxygen atoms in total. The van der Waals surface area contributed by atoms with Gasteiger partial charge in [-0.05, 0) is 55.3 Å². The molecule has 0 aliphatic carbocycles. The highest BCUT2D eigenvalue weighted by molar-refractivity contribution is 5.89. The van der Waals surface area contributed by atoms with Gasteiger partial charge in [-0.1, -0.05) is 0 Å². The van der Waals surface area contributed by atoms with E-state index in [0.717, 1.165) is 5.56 Å². The van der Waals surface area contributed by atoms with E-state index >= 15 is 0 Å². The summed E-state index contributed by atoms with van der Waals surface area (Å²) in [7, 11) is 4.66. The molecule has 0 saturated heterocycles. The molecule has 0 bridgehead atoms. The number of benzene rings is 2. The number of carboxylic acid groups (broad SMARTS) is 1. The lowest BCUT2D eigenvalue weighted by Gasteiger charge is -2.19. The number of rotatable bonds is 7. The molecule has 25 heavy (non-hydrogen) atoms. The fourth-order valence-electron chi connectivity index (χ4n) is 2.56. The van der Waals surface area contributed by atoms with Crippen molar-refractivity contribution in [2.45, 2.75) is 20.0 Å². The number of ether oxygens (including phenoxy) is 4. The van der Waals surface area contributed by atoms with Crippen LogP contribution >= 0.6 is 0 Å². The first-order valence-electron chi connectivity index (χ1n) is 7.71. The van der Waals surface area contributed by atoms with Gasteiger partial charge in [-0.25, -0.2) is 4.79 Å². The minimum Gasteiger partial charge on any atom is -0.493 e. The maximum Gasteiger partial charge on any atom is 0.335 e. The molecule has 1 unspecified atom stereocenters. The quantitative estimate of drug-likeness (QED) is 0.820. The SMILES string of the molecule is COc1cc(C(C)Oc2ccc(C(=O)O)c(C)c2)cc(OC)c1OC. The molecular weight excluding hydrogens is 324 g/mol. The van der Waals surface area contributed by atoms with E-state index in [9.17, 15) is 4.79 Å². The number of aromatic carboxylic acids is 1. The van der Waals surface area contributed by atoms with E-state index in [1.807, 2.05) is 19.1 Å². The Kier molecular flexibility index (Phi) is 5.75. The topological polar surface area (TPSA) is 74.2 Å². The number of carboxylic acids is 1. The fourth-order valence-corrected chi connectivity index (χ4v) is 2.56. The molecule has 2 rings (SSSR count). The zero-order chi connectivity index (χ0) is 18.6. The molecule has 0 aromatic heterocycles. The van der Waals surface area contributed by atoms with Crippen molar-refractivity contribution >= 4 is 5.97 Å². The van der Waals surface area contributed by atoms with Crippen molar-refractivity contribution in [2.75, 3.05) is 21.3 Å². The summed E-state index contributed by atoms with van der Waals surface area (Å²) >= 11 is 0. The zero-order valence-corrected chi connectivity index (χ0v) is 15.0. The van der Waals surface area contributed by atoms with Crippen LogP contribution in [0.25, 0.3) is 0 Å². The Balaban J connectivity index is 2.30. The second kappa shape index (κ2) is 7.79. The molecule has 0 heterocycles. The highest BCUT2D eigenvalue weighted by Crippen LogP contribution is 2.40. The molecular formula is C19H22O6. The summed E-state index contributed by atoms with van der Waals surface area (Å²) in [6.07, 6.45) is -0.302. The molecule has 0 spiro atoms. The monoisotopic (exact) mass is 346 g/mol. The molecule has 2 aromatic carbocycles. The molecule has 1 N–H and O–H groups in total. The van der Waals surface area contributed by atoms with Crippen molar-refractivity contribution < 1.29 is 28.8 Å². The highest BCUT2D eigenvalue weighted by Gasteiger charge is 2.18. The number of hydrogen-bond acceptors (Lipinski definition) is 5. The second-order valence-electron chi connectivity index (χ2n) is 5.50. The zero-order valence-electron chi connectivity index (χ0n) is 15.0. The highest BCUT2D eigenvalue weighted by atomic mass is 16.5. The number of carbonyl (C=O) groups is 1. The number of aryl methyl sites for hydroxylation is 1. The first-order chi connectivity index (χ1) is 11.9. The van der Waals surface area contributed by atoms with Crippen LogP contribution in [0.1, 0.15) is 34.5 Å². The van der Waals surface area contributed by atoms with Gasteiger partial charge >= 0.3 is 5.97 Å². The summed E-state index contributed by atoms with van der Waals surface area (Å²) in [6.45, 7) is 3.63. The molecule has 6 heteroatoms. The number of methoxy groups -OCH3 is 3. The fraction of sp³-hybridized carbons (Fsp3) is 0.316. The maximum atomic E-state index is 11.1. The van der Waals surface area contributed by atoms with Gasteiger partial charge in [0, 0.05) is 0 Å². The van der Waals surface area contributed by atoms with Gasteiger partial charge in [-0.15, -0.1) is 0 Å². The van der Waals surface area contributed by atoms with Crippen LogP contribution in [0, 0.1) is 6.92 Å². The van der Waals surface area contributed by atoms with Crippen LogP contribution in [-0.4, -0.2) is 32.4 Å². The van der Waals surface area contributed by atoms with Crippen molar-refractivity contribution in [3.8, 4) is 23.0 Å². The average Bonchev–Trinajstić information content (AvgIpc) is 2.59. The van der Waals surface area contributed by atoms with E-state index in [2.05, 4.69) is 0 Å². The van der Waals surface area contributed by atoms with Gasteiger partial charge in [-0.2, -0.15) is 0 Å². The third-order valence-electron chi connectivity index (χ3n) is 3.90. The van der Waals surface area contributed by atoms with Gasteiger partial charge < -0.3 is 24.1 Å². The van der Waals surface area contributed by atoms with Gasteiger partial charge in [-0.3, -0.25) is 0 Å². The molecule has 0 saturated carbocycles. The van der Waals surface area contributed by atoms with Gasteiger partial charge in [0.2, 0.25) is 5.75 Å². The van der Waals surface area contributed by atoms with E-state index in [0.29, 0.717) is 28.6 Å². The lowest BCUT2D eigenvalue weighted by Crippen LogP contribution is -2.06. The van der Waals surface area contributed by atoms with Crippen molar-refractivity contribution in [1.29, 1.82) is 0 Å². The van der Waals surface area contributed by atoms with Crippen molar-refractivity contribution in [2.24, 2.45) is 0 Å². The van der Waals surface area contributed by atoms with E-state index in [1.54, 1.807) is 40.4 Å². The summed E-state index contributed by atoms with van der Waals surface area (Å²) in [5.74, 6) is 1.24. The Bertz CT molecular complexity index is 743. The third kappa shape index (κ3) is 3.96. The van der Waals surface area contributed by atoms with Crippen LogP contribution in [-0.2, 0) is 0 Å². The van der Waals surface area contributed by atoms with Gasteiger partial charge in [0.25, 0.3) is 0 Å². The molecule has 0 amide bonds. The maximum absolute atomic E-state index is 11.1. The summed E-state index contributed by atoms with van der Waals surface area (Å²) in [5.41, 5.74) is 1.74. The molecule has 0 fully saturated rings. The van der Waals surface area contributed by atoms with Gasteiger partial charge in [0.15, 0.2) is 11.5 Å². The van der Waals surface area contributed by atoms with Gasteiger partial charge in [0.05, 0.1) is 26.9 Å². The molecule has 134 valence electrons. The molecule has 0 aliphatic heterocycles. The second-order valence-corrected chi connectivity index (χ2v) is 5.50. The van der Waals surface area contributed by atoms with Crippen molar-refractivity contribution in [1.82, 2.24) is 0 Å². The van der Waals surface area contributed by atoms with E-state index < -0.39 is 5.97 Å². The molecule has 2 aromatic rings. The summed E-state index contributed by atoms with van der Waals surface area (Å²) < 4.78 is 22.0. The van der Waals surface area contributed by atoms with Crippen molar-refractivity contribution in [3.05, 3.63) is 47.0 Å². The normalized spacial score (nSPS) is 11.6. The summed E-state index contributed by atoms with van der Waals surface area (Å²) in [5, 5.41) is 9.10. The van der Waals surface area contributed by atoms with Crippen LogP contribution in [0.5, 0.6) is 23.0 Å².